The molecule has 0 aliphatic rings. The Balaban J connectivity index is 2.21. The van der Waals surface area contributed by atoms with Gasteiger partial charge in [0.05, 0.1) is 0 Å². The highest BCUT2D eigenvalue weighted by Crippen LogP contribution is 2.35. The third-order valence-corrected chi connectivity index (χ3v) is 4.48. The van der Waals surface area contributed by atoms with Gasteiger partial charge in [0.25, 0.3) is 0 Å². The molecule has 1 N–H and O–H groups in total. The normalized spacial score (nSPS) is 11.2. The third kappa shape index (κ3) is 3.58. The molecule has 0 spiro atoms. The van der Waals surface area contributed by atoms with E-state index in [9.17, 15) is 0 Å². The van der Waals surface area contributed by atoms with E-state index in [0.717, 1.165) is 21.6 Å². The van der Waals surface area contributed by atoms with Crippen LogP contribution in [0.25, 0.3) is 10.4 Å². The zero-order chi connectivity index (χ0) is 13.1. The molecule has 18 heavy (non-hydrogen) atoms. The van der Waals surface area contributed by atoms with Gasteiger partial charge in [-0.1, -0.05) is 41.4 Å². The van der Waals surface area contributed by atoms with Crippen LogP contribution in [-0.2, 0) is 6.54 Å². The molecule has 0 bridgehead atoms. The van der Waals surface area contributed by atoms with Crippen LogP contribution in [0.4, 0.5) is 0 Å². The average Bonchev–Trinajstić information content (AvgIpc) is 2.78. The van der Waals surface area contributed by atoms with Crippen LogP contribution in [0, 0.1) is 0 Å². The van der Waals surface area contributed by atoms with Gasteiger partial charge in [0.1, 0.15) is 0 Å². The lowest BCUT2D eigenvalue weighted by atomic mass is 10.2. The highest BCUT2D eigenvalue weighted by atomic mass is 79.9. The molecular formula is C14H15BrClNS. The van der Waals surface area contributed by atoms with Crippen LogP contribution in [0.2, 0.25) is 5.02 Å². The summed E-state index contributed by atoms with van der Waals surface area (Å²) < 4.78 is 1.05. The Hall–Kier alpha value is -0.350. The van der Waals surface area contributed by atoms with Crippen LogP contribution in [0.3, 0.4) is 0 Å². The van der Waals surface area contributed by atoms with Gasteiger partial charge in [0, 0.05) is 37.4 Å². The highest BCUT2D eigenvalue weighted by Gasteiger charge is 2.07. The first kappa shape index (κ1) is 14.1. The Morgan fingerprint density at radius 2 is 2.06 bits per heavy atom. The fourth-order valence-electron chi connectivity index (χ4n) is 1.61. The zero-order valence-electron chi connectivity index (χ0n) is 10.3. The monoisotopic (exact) mass is 343 g/mol. The molecule has 2 rings (SSSR count). The average molecular weight is 345 g/mol. The van der Waals surface area contributed by atoms with E-state index in [2.05, 4.69) is 53.3 Å². The quantitative estimate of drug-likeness (QED) is 0.790. The van der Waals surface area contributed by atoms with E-state index in [-0.39, 0.29) is 0 Å². The first-order valence-electron chi connectivity index (χ1n) is 5.84. The molecular weight excluding hydrogens is 330 g/mol. The van der Waals surface area contributed by atoms with Gasteiger partial charge in [0.15, 0.2) is 0 Å². The van der Waals surface area contributed by atoms with Gasteiger partial charge in [0.2, 0.25) is 0 Å². The molecule has 1 heterocycles. The van der Waals surface area contributed by atoms with Crippen molar-refractivity contribution in [3.05, 3.63) is 44.7 Å². The molecule has 1 aromatic carbocycles. The Bertz CT molecular complexity index is 536. The third-order valence-electron chi connectivity index (χ3n) is 2.54. The number of rotatable bonds is 4. The number of hydrogen-bond acceptors (Lipinski definition) is 2. The summed E-state index contributed by atoms with van der Waals surface area (Å²) in [5.74, 6) is 0. The first-order valence-corrected chi connectivity index (χ1v) is 7.82. The predicted molar refractivity (Wildman–Crippen MR) is 84.4 cm³/mol. The van der Waals surface area contributed by atoms with Crippen LogP contribution in [0.15, 0.2) is 34.8 Å². The van der Waals surface area contributed by atoms with Crippen LogP contribution in [0.1, 0.15) is 18.7 Å². The maximum Gasteiger partial charge on any atom is 0.0493 e. The summed E-state index contributed by atoms with van der Waals surface area (Å²) in [6.07, 6.45) is 0. The molecule has 0 aliphatic heterocycles. The number of halogens is 2. The van der Waals surface area contributed by atoms with Gasteiger partial charge in [-0.2, -0.15) is 0 Å². The summed E-state index contributed by atoms with van der Waals surface area (Å²) in [4.78, 5) is 2.54. The highest BCUT2D eigenvalue weighted by molar-refractivity contribution is 9.10. The van der Waals surface area contributed by atoms with Crippen molar-refractivity contribution in [2.75, 3.05) is 0 Å². The van der Waals surface area contributed by atoms with E-state index in [1.165, 1.54) is 9.75 Å². The smallest absolute Gasteiger partial charge is 0.0493 e. The second kappa shape index (κ2) is 6.20. The van der Waals surface area contributed by atoms with Crippen molar-refractivity contribution >= 4 is 38.9 Å². The van der Waals surface area contributed by atoms with Crippen molar-refractivity contribution in [2.24, 2.45) is 0 Å². The molecule has 2 aromatic rings. The number of benzene rings is 1. The molecule has 0 atom stereocenters. The maximum absolute atomic E-state index is 6.24. The largest absolute Gasteiger partial charge is 0.310 e. The fourth-order valence-corrected chi connectivity index (χ4v) is 3.23. The second-order valence-corrected chi connectivity index (χ2v) is 6.92. The Kier molecular flexibility index (Phi) is 4.84. The lowest BCUT2D eigenvalue weighted by Crippen LogP contribution is -2.21. The van der Waals surface area contributed by atoms with Crippen molar-refractivity contribution in [3.63, 3.8) is 0 Å². The van der Waals surface area contributed by atoms with E-state index in [1.807, 2.05) is 12.1 Å². The number of thiophene rings is 1. The van der Waals surface area contributed by atoms with Crippen molar-refractivity contribution in [1.82, 2.24) is 5.32 Å². The minimum atomic E-state index is 0.505. The molecule has 0 aliphatic carbocycles. The van der Waals surface area contributed by atoms with Gasteiger partial charge in [-0.05, 0) is 30.3 Å². The molecule has 0 radical (unpaired) electrons. The Morgan fingerprint density at radius 3 is 2.78 bits per heavy atom. The molecule has 0 fully saturated rings. The molecule has 1 nitrogen and oxygen atoms in total. The van der Waals surface area contributed by atoms with E-state index < -0.39 is 0 Å². The van der Waals surface area contributed by atoms with E-state index >= 15 is 0 Å². The van der Waals surface area contributed by atoms with Crippen LogP contribution < -0.4 is 5.32 Å². The minimum Gasteiger partial charge on any atom is -0.310 e. The van der Waals surface area contributed by atoms with E-state index in [1.54, 1.807) is 11.3 Å². The zero-order valence-corrected chi connectivity index (χ0v) is 13.5. The van der Waals surface area contributed by atoms with Crippen molar-refractivity contribution < 1.29 is 0 Å². The standard InChI is InChI=1S/C14H15BrClNS/c1-9(2)17-8-11-4-6-14(18-11)12-7-10(15)3-5-13(12)16/h3-7,9,17H,8H2,1-2H3. The van der Waals surface area contributed by atoms with E-state index in [0.29, 0.717) is 6.04 Å². The predicted octanol–water partition coefficient (Wildman–Crippen LogP) is 5.33. The molecule has 4 heteroatoms. The van der Waals surface area contributed by atoms with Crippen LogP contribution >= 0.6 is 38.9 Å². The molecule has 0 unspecified atom stereocenters. The summed E-state index contributed by atoms with van der Waals surface area (Å²) in [6.45, 7) is 5.22. The lowest BCUT2D eigenvalue weighted by Gasteiger charge is -2.05. The summed E-state index contributed by atoms with van der Waals surface area (Å²) in [6, 6.07) is 10.7. The molecule has 1 aromatic heterocycles. The summed E-state index contributed by atoms with van der Waals surface area (Å²) in [5.41, 5.74) is 1.09. The van der Waals surface area contributed by atoms with Gasteiger partial charge in [-0.3, -0.25) is 0 Å². The van der Waals surface area contributed by atoms with Gasteiger partial charge in [-0.15, -0.1) is 11.3 Å². The van der Waals surface area contributed by atoms with Crippen molar-refractivity contribution in [2.45, 2.75) is 26.4 Å². The molecule has 0 saturated heterocycles. The molecule has 0 amide bonds. The van der Waals surface area contributed by atoms with Crippen molar-refractivity contribution in [1.29, 1.82) is 0 Å². The number of nitrogens with one attached hydrogen (secondary N) is 1. The van der Waals surface area contributed by atoms with Gasteiger partial charge >= 0.3 is 0 Å². The van der Waals surface area contributed by atoms with Gasteiger partial charge < -0.3 is 5.32 Å². The lowest BCUT2D eigenvalue weighted by molar-refractivity contribution is 0.593. The Labute approximate surface area is 125 Å². The molecule has 0 saturated carbocycles. The number of hydrogen-bond donors (Lipinski definition) is 1. The summed E-state index contributed by atoms with van der Waals surface area (Å²) in [7, 11) is 0. The maximum atomic E-state index is 6.24. The first-order chi connectivity index (χ1) is 8.56. The fraction of sp³-hybridized carbons (Fsp3) is 0.286. The second-order valence-electron chi connectivity index (χ2n) is 4.43. The Morgan fingerprint density at radius 1 is 1.28 bits per heavy atom. The minimum absolute atomic E-state index is 0.505. The van der Waals surface area contributed by atoms with Crippen molar-refractivity contribution in [3.8, 4) is 10.4 Å². The summed E-state index contributed by atoms with van der Waals surface area (Å²) >= 11 is 11.5. The SMILES string of the molecule is CC(C)NCc1ccc(-c2cc(Br)ccc2Cl)s1. The van der Waals surface area contributed by atoms with E-state index in [4.69, 9.17) is 11.6 Å². The van der Waals surface area contributed by atoms with Crippen LogP contribution in [0.5, 0.6) is 0 Å². The topological polar surface area (TPSA) is 12.0 Å². The molecule has 96 valence electrons. The van der Waals surface area contributed by atoms with Crippen LogP contribution in [-0.4, -0.2) is 6.04 Å². The van der Waals surface area contributed by atoms with Gasteiger partial charge in [-0.25, -0.2) is 0 Å². The summed E-state index contributed by atoms with van der Waals surface area (Å²) in [5, 5.41) is 4.22.